The molecule has 0 saturated carbocycles. The summed E-state index contributed by atoms with van der Waals surface area (Å²) < 4.78 is 63.4. The van der Waals surface area contributed by atoms with Crippen molar-refractivity contribution in [1.82, 2.24) is 16.0 Å². The Morgan fingerprint density at radius 3 is 1.57 bits per heavy atom. The largest absolute Gasteiger partial charge is 0.477 e. The Kier molecular flexibility index (Phi) is 23.4. The summed E-state index contributed by atoms with van der Waals surface area (Å²) >= 11 is 0. The molecule has 1 unspecified atom stereocenters. The molecule has 3 amide bonds. The van der Waals surface area contributed by atoms with Crippen LogP contribution in [0.1, 0.15) is 34.1 Å². The van der Waals surface area contributed by atoms with E-state index in [1.54, 1.807) is 0 Å². The molecule has 36 heteroatoms. The quantitative estimate of drug-likeness (QED) is 0.0507. The third-order valence-corrected chi connectivity index (χ3v) is 14.6. The molecule has 6 aliphatic rings. The van der Waals surface area contributed by atoms with Gasteiger partial charge in [0.1, 0.15) is 134 Å². The lowest BCUT2D eigenvalue weighted by Gasteiger charge is -2.51. The SMILES string of the molecule is CC(=O)N[C@H]1[C@H](O[C@H]2[C@@H](O)[C@@H](CO)O[C@@H](O[C@H]3[C@H](O[C@@H]4O[C@@H](C)[C@@H](O)[C@@H](O)[C@@H]4O)[C@@H](NC(C)=O)C(O)O[C@@H]3CO)[C@@H]2O)O[C@H](CO)[C@@H](O[C@@H]2O[C@H](CO[C@]3(C(=O)O)C[C@H](O)[C@@H](NC(C)=O)[C@H]([C@H](O)[C@H](O)CO)O3)[C@H](O)[C@H](O)[C@H]2O)[C@@H]1O. The third-order valence-electron chi connectivity index (χ3n) is 14.6. The van der Waals surface area contributed by atoms with E-state index in [1.807, 2.05) is 0 Å². The van der Waals surface area contributed by atoms with Crippen molar-refractivity contribution in [1.29, 1.82) is 0 Å². The second-order valence-electron chi connectivity index (χ2n) is 20.4. The lowest BCUT2D eigenvalue weighted by molar-refractivity contribution is -0.386. The number of carboxylic acids is 1. The van der Waals surface area contributed by atoms with Crippen molar-refractivity contribution in [3.63, 3.8) is 0 Å². The molecule has 21 N–H and O–H groups in total. The smallest absolute Gasteiger partial charge is 0.364 e. The first-order valence-electron chi connectivity index (χ1n) is 25.6. The minimum Gasteiger partial charge on any atom is -0.477 e. The van der Waals surface area contributed by atoms with Crippen LogP contribution in [0.2, 0.25) is 0 Å². The van der Waals surface area contributed by atoms with Crippen LogP contribution in [0.4, 0.5) is 0 Å². The summed E-state index contributed by atoms with van der Waals surface area (Å²) in [5.74, 6) is -7.45. The van der Waals surface area contributed by atoms with E-state index < -0.39 is 253 Å². The van der Waals surface area contributed by atoms with Crippen molar-refractivity contribution in [2.75, 3.05) is 33.0 Å². The molecular formula is C45H75N3O33. The fourth-order valence-corrected chi connectivity index (χ4v) is 10.3. The van der Waals surface area contributed by atoms with Crippen LogP contribution < -0.4 is 16.0 Å². The van der Waals surface area contributed by atoms with Gasteiger partial charge in [-0.15, -0.1) is 0 Å². The van der Waals surface area contributed by atoms with E-state index in [9.17, 15) is 111 Å². The Balaban J connectivity index is 1.23. The molecule has 6 heterocycles. The van der Waals surface area contributed by atoms with Crippen LogP contribution in [0, 0.1) is 0 Å². The van der Waals surface area contributed by atoms with E-state index in [0.29, 0.717) is 0 Å². The highest BCUT2D eigenvalue weighted by Crippen LogP contribution is 2.38. The van der Waals surface area contributed by atoms with E-state index in [0.717, 1.165) is 20.8 Å². The first-order valence-corrected chi connectivity index (χ1v) is 25.6. The van der Waals surface area contributed by atoms with Gasteiger partial charge in [0.2, 0.25) is 17.7 Å². The molecule has 31 atom stereocenters. The van der Waals surface area contributed by atoms with Crippen molar-refractivity contribution in [3.8, 4) is 0 Å². The first kappa shape index (κ1) is 66.9. The van der Waals surface area contributed by atoms with Gasteiger partial charge in [0, 0.05) is 27.2 Å². The van der Waals surface area contributed by atoms with Gasteiger partial charge in [-0.3, -0.25) is 14.4 Å². The Bertz CT molecular complexity index is 2080. The summed E-state index contributed by atoms with van der Waals surface area (Å²) in [5, 5.41) is 201. The monoisotopic (exact) mass is 1190 g/mol. The van der Waals surface area contributed by atoms with Crippen LogP contribution in [0.15, 0.2) is 0 Å². The van der Waals surface area contributed by atoms with Gasteiger partial charge in [-0.2, -0.15) is 0 Å². The van der Waals surface area contributed by atoms with Gasteiger partial charge < -0.3 is 160 Å². The minimum absolute atomic E-state index is 0.790. The lowest BCUT2D eigenvalue weighted by atomic mass is 9.88. The number of hydrogen-bond acceptors (Lipinski definition) is 32. The summed E-state index contributed by atoms with van der Waals surface area (Å²) in [4.78, 5) is 49.9. The first-order chi connectivity index (χ1) is 38.0. The lowest BCUT2D eigenvalue weighted by Crippen LogP contribution is -2.70. The fourth-order valence-electron chi connectivity index (χ4n) is 10.3. The number of aliphatic hydroxyl groups excluding tert-OH is 17. The number of carboxylic acid groups (broad SMARTS) is 1. The van der Waals surface area contributed by atoms with Gasteiger partial charge in [-0.05, 0) is 6.92 Å². The number of aliphatic hydroxyl groups is 17. The van der Waals surface area contributed by atoms with Gasteiger partial charge in [0.15, 0.2) is 31.5 Å². The Morgan fingerprint density at radius 1 is 0.519 bits per heavy atom. The Hall–Kier alpha value is -3.24. The zero-order chi connectivity index (χ0) is 60.3. The molecule has 36 nitrogen and oxygen atoms in total. The van der Waals surface area contributed by atoms with E-state index >= 15 is 0 Å². The third kappa shape index (κ3) is 14.7. The average Bonchev–Trinajstić information content (AvgIpc) is 3.44. The van der Waals surface area contributed by atoms with Crippen LogP contribution in [-0.2, 0) is 71.3 Å². The number of hydrogen-bond donors (Lipinski definition) is 21. The molecule has 468 valence electrons. The number of ether oxygens (including phenoxy) is 11. The molecule has 0 aromatic rings. The van der Waals surface area contributed by atoms with Crippen molar-refractivity contribution < 1.29 is 163 Å². The topological polar surface area (TPSA) is 570 Å². The average molecular weight is 1190 g/mol. The Labute approximate surface area is 459 Å². The van der Waals surface area contributed by atoms with Crippen LogP contribution >= 0.6 is 0 Å². The maximum absolute atomic E-state index is 12.8. The predicted octanol–water partition coefficient (Wildman–Crippen LogP) is -13.4. The molecule has 0 aromatic heterocycles. The van der Waals surface area contributed by atoms with Crippen molar-refractivity contribution >= 4 is 23.7 Å². The normalized spacial score (nSPS) is 46.7. The van der Waals surface area contributed by atoms with Gasteiger partial charge in [0.25, 0.3) is 5.79 Å². The standard InChI is InChI=1S/C45H75N3O33/c1-11-24(58)29(63)31(65)41(72-11)79-37-23(48-14(4)55)39(68)73-19(9-52)35(37)78-43-33(67)38(27(61)17(7-50)74-43)80-40-22(47-13(3)54)28(62)34(18(8-51)75-40)77-42-32(66)30(64)26(60)20(76-42)10-71-45(44(69)70)5-15(56)21(46-12(2)53)36(81-45)25(59)16(57)6-49/h11,15-43,49-52,56-68H,5-10H2,1-4H3,(H,46,53)(H,47,54)(H,48,55)(H,69,70)/t11-,15-,16+,17+,18+,19+,20+,21+,22+,23+,24+,25+,26-,27-,28+,29+,30-,31-,32+,33+,34+,35+,36+,37+,38-,39?,40-,41-,42-,43-,45+/m0/s1. The van der Waals surface area contributed by atoms with Crippen molar-refractivity contribution in [2.24, 2.45) is 0 Å². The van der Waals surface area contributed by atoms with E-state index in [2.05, 4.69) is 16.0 Å². The van der Waals surface area contributed by atoms with Gasteiger partial charge in [-0.1, -0.05) is 0 Å². The summed E-state index contributed by atoms with van der Waals surface area (Å²) in [7, 11) is 0. The highest BCUT2D eigenvalue weighted by Gasteiger charge is 2.60. The molecular weight excluding hydrogens is 1110 g/mol. The summed E-state index contributed by atoms with van der Waals surface area (Å²) in [6.07, 6.45) is -53.8. The molecule has 0 aliphatic carbocycles. The molecule has 0 aromatic carbocycles. The molecule has 0 radical (unpaired) electrons. The van der Waals surface area contributed by atoms with Crippen molar-refractivity contribution in [3.05, 3.63) is 0 Å². The number of amides is 3. The molecule has 6 aliphatic heterocycles. The highest BCUT2D eigenvalue weighted by atomic mass is 16.8. The molecule has 6 fully saturated rings. The molecule has 6 rings (SSSR count). The number of nitrogens with one attached hydrogen (secondary N) is 3. The minimum atomic E-state index is -2.99. The van der Waals surface area contributed by atoms with E-state index in [1.165, 1.54) is 6.92 Å². The maximum atomic E-state index is 12.8. The molecule has 81 heavy (non-hydrogen) atoms. The number of rotatable bonds is 21. The van der Waals surface area contributed by atoms with Gasteiger partial charge in [-0.25, -0.2) is 4.79 Å². The molecule has 0 spiro atoms. The zero-order valence-electron chi connectivity index (χ0n) is 43.7. The molecule has 0 bridgehead atoms. The van der Waals surface area contributed by atoms with Crippen molar-refractivity contribution in [2.45, 2.75) is 224 Å². The summed E-state index contributed by atoms with van der Waals surface area (Å²) in [6.45, 7) is -1.08. The van der Waals surface area contributed by atoms with Gasteiger partial charge in [0.05, 0.1) is 51.3 Å². The fraction of sp³-hybridized carbons (Fsp3) is 0.911. The van der Waals surface area contributed by atoms with E-state index in [-0.39, 0.29) is 0 Å². The van der Waals surface area contributed by atoms with Crippen LogP contribution in [-0.4, -0.2) is 338 Å². The van der Waals surface area contributed by atoms with Crippen LogP contribution in [0.25, 0.3) is 0 Å². The highest BCUT2D eigenvalue weighted by molar-refractivity contribution is 5.77. The molecule has 6 saturated heterocycles. The second kappa shape index (κ2) is 28.3. The number of carbonyl (C=O) groups is 4. The van der Waals surface area contributed by atoms with Gasteiger partial charge >= 0.3 is 5.97 Å². The second-order valence-corrected chi connectivity index (χ2v) is 20.4. The summed E-state index contributed by atoms with van der Waals surface area (Å²) in [5.41, 5.74) is 0. The van der Waals surface area contributed by atoms with Crippen LogP contribution in [0.5, 0.6) is 0 Å². The van der Waals surface area contributed by atoms with E-state index in [4.69, 9.17) is 52.1 Å². The number of carbonyl (C=O) groups excluding carboxylic acids is 3. The predicted molar refractivity (Wildman–Crippen MR) is 250 cm³/mol. The van der Waals surface area contributed by atoms with Crippen LogP contribution in [0.3, 0.4) is 0 Å². The number of aliphatic carboxylic acids is 1. The maximum Gasteiger partial charge on any atom is 0.364 e. The zero-order valence-corrected chi connectivity index (χ0v) is 43.7. The Morgan fingerprint density at radius 2 is 1.00 bits per heavy atom. The summed E-state index contributed by atoms with van der Waals surface area (Å²) in [6, 6.07) is -5.12.